The van der Waals surface area contributed by atoms with Crippen LogP contribution in [0.1, 0.15) is 42.9 Å². The van der Waals surface area contributed by atoms with E-state index in [0.717, 1.165) is 33.4 Å². The van der Waals surface area contributed by atoms with Crippen molar-refractivity contribution in [1.29, 1.82) is 0 Å². The van der Waals surface area contributed by atoms with E-state index in [1.54, 1.807) is 6.20 Å². The highest BCUT2D eigenvalue weighted by Crippen LogP contribution is 2.41. The molecule has 1 aliphatic heterocycles. The SMILES string of the molecule is Cc1ccc(-c2ccc(C3C(c4ccccn4)NC(=S)N3C(C)C)o2)cc1Cl. The number of nitrogens with zero attached hydrogens (tertiary/aromatic N) is 2. The molecule has 1 saturated heterocycles. The molecule has 0 radical (unpaired) electrons. The molecule has 4 rings (SSSR count). The number of hydrogen-bond donors (Lipinski definition) is 1. The predicted octanol–water partition coefficient (Wildman–Crippen LogP) is 5.68. The summed E-state index contributed by atoms with van der Waals surface area (Å²) in [6, 6.07) is 16.0. The summed E-state index contributed by atoms with van der Waals surface area (Å²) in [4.78, 5) is 6.72. The smallest absolute Gasteiger partial charge is 0.170 e. The molecule has 1 aliphatic rings. The van der Waals surface area contributed by atoms with Crippen molar-refractivity contribution in [1.82, 2.24) is 15.2 Å². The number of benzene rings is 1. The van der Waals surface area contributed by atoms with Crippen LogP contribution in [0.25, 0.3) is 11.3 Å². The lowest BCUT2D eigenvalue weighted by atomic mass is 10.0. The van der Waals surface area contributed by atoms with E-state index >= 15 is 0 Å². The van der Waals surface area contributed by atoms with Gasteiger partial charge in [0.2, 0.25) is 0 Å². The maximum Gasteiger partial charge on any atom is 0.170 e. The highest BCUT2D eigenvalue weighted by molar-refractivity contribution is 7.80. The molecule has 1 fully saturated rings. The standard InChI is InChI=1S/C22H22ClN3OS/c1-13(2)26-21(20(25-22(26)28)17-6-4-5-11-24-17)19-10-9-18(27-19)15-8-7-14(3)16(23)12-15/h4-13,20-21H,1-3H3,(H,25,28). The van der Waals surface area contributed by atoms with E-state index in [1.807, 2.05) is 55.5 Å². The van der Waals surface area contributed by atoms with Crippen LogP contribution in [0.5, 0.6) is 0 Å². The lowest BCUT2D eigenvalue weighted by Gasteiger charge is -2.29. The summed E-state index contributed by atoms with van der Waals surface area (Å²) in [7, 11) is 0. The van der Waals surface area contributed by atoms with Gasteiger partial charge < -0.3 is 14.6 Å². The molecule has 144 valence electrons. The number of aryl methyl sites for hydroxylation is 1. The zero-order valence-electron chi connectivity index (χ0n) is 16.0. The number of aromatic nitrogens is 1. The average molecular weight is 412 g/mol. The second-order valence-corrected chi connectivity index (χ2v) is 8.09. The first-order chi connectivity index (χ1) is 13.5. The van der Waals surface area contributed by atoms with Crippen molar-refractivity contribution >= 4 is 28.9 Å². The Balaban J connectivity index is 1.74. The van der Waals surface area contributed by atoms with Crippen LogP contribution in [0.15, 0.2) is 59.1 Å². The number of rotatable bonds is 4. The molecule has 2 unspecified atom stereocenters. The monoisotopic (exact) mass is 411 g/mol. The summed E-state index contributed by atoms with van der Waals surface area (Å²) >= 11 is 11.9. The molecular formula is C22H22ClN3OS. The summed E-state index contributed by atoms with van der Waals surface area (Å²) in [6.45, 7) is 6.25. The maximum absolute atomic E-state index is 6.30. The van der Waals surface area contributed by atoms with E-state index in [1.165, 1.54) is 0 Å². The quantitative estimate of drug-likeness (QED) is 0.559. The van der Waals surface area contributed by atoms with Gasteiger partial charge in [0.05, 0.1) is 11.7 Å². The molecule has 0 spiro atoms. The number of pyridine rings is 1. The van der Waals surface area contributed by atoms with E-state index in [-0.39, 0.29) is 18.1 Å². The Bertz CT molecular complexity index is 1000. The molecule has 0 amide bonds. The zero-order chi connectivity index (χ0) is 19.8. The fourth-order valence-corrected chi connectivity index (χ4v) is 4.27. The van der Waals surface area contributed by atoms with Crippen molar-refractivity contribution in [2.75, 3.05) is 0 Å². The second-order valence-electron chi connectivity index (χ2n) is 7.29. The summed E-state index contributed by atoms with van der Waals surface area (Å²) < 4.78 is 6.30. The molecule has 6 heteroatoms. The predicted molar refractivity (Wildman–Crippen MR) is 116 cm³/mol. The molecule has 1 N–H and O–H groups in total. The van der Waals surface area contributed by atoms with Gasteiger partial charge in [-0.2, -0.15) is 0 Å². The first kappa shape index (κ1) is 19.0. The molecule has 2 atom stereocenters. The maximum atomic E-state index is 6.30. The van der Waals surface area contributed by atoms with Crippen molar-refractivity contribution in [3.8, 4) is 11.3 Å². The number of thiocarbonyl (C=S) groups is 1. The van der Waals surface area contributed by atoms with E-state index in [0.29, 0.717) is 5.11 Å². The van der Waals surface area contributed by atoms with Crippen molar-refractivity contribution in [2.24, 2.45) is 0 Å². The van der Waals surface area contributed by atoms with Crippen LogP contribution in [0.2, 0.25) is 5.02 Å². The highest BCUT2D eigenvalue weighted by Gasteiger charge is 2.42. The Morgan fingerprint density at radius 3 is 2.68 bits per heavy atom. The van der Waals surface area contributed by atoms with Gasteiger partial charge >= 0.3 is 0 Å². The molecule has 2 aromatic heterocycles. The molecule has 0 saturated carbocycles. The molecule has 3 aromatic rings. The lowest BCUT2D eigenvalue weighted by molar-refractivity contribution is 0.237. The van der Waals surface area contributed by atoms with Gasteiger partial charge in [-0.1, -0.05) is 29.8 Å². The topological polar surface area (TPSA) is 41.3 Å². The lowest BCUT2D eigenvalue weighted by Crippen LogP contribution is -2.35. The second kappa shape index (κ2) is 7.57. The zero-order valence-corrected chi connectivity index (χ0v) is 17.6. The largest absolute Gasteiger partial charge is 0.459 e. The number of hydrogen-bond acceptors (Lipinski definition) is 3. The Hall–Kier alpha value is -2.37. The third kappa shape index (κ3) is 3.40. The van der Waals surface area contributed by atoms with Gasteiger partial charge in [-0.05, 0) is 68.9 Å². The normalized spacial score (nSPS) is 19.3. The van der Waals surface area contributed by atoms with Crippen LogP contribution in [0.3, 0.4) is 0 Å². The van der Waals surface area contributed by atoms with Crippen molar-refractivity contribution in [3.63, 3.8) is 0 Å². The minimum Gasteiger partial charge on any atom is -0.459 e. The van der Waals surface area contributed by atoms with E-state index in [4.69, 9.17) is 28.2 Å². The molecular weight excluding hydrogens is 390 g/mol. The summed E-state index contributed by atoms with van der Waals surface area (Å²) in [5.41, 5.74) is 2.94. The number of furan rings is 1. The highest BCUT2D eigenvalue weighted by atomic mass is 35.5. The fourth-order valence-electron chi connectivity index (χ4n) is 3.64. The third-order valence-electron chi connectivity index (χ3n) is 5.07. The van der Waals surface area contributed by atoms with Crippen LogP contribution >= 0.6 is 23.8 Å². The summed E-state index contributed by atoms with van der Waals surface area (Å²) in [5, 5.41) is 4.88. The summed E-state index contributed by atoms with van der Waals surface area (Å²) in [5.74, 6) is 1.64. The van der Waals surface area contributed by atoms with Crippen molar-refractivity contribution in [3.05, 3.63) is 76.8 Å². The van der Waals surface area contributed by atoms with E-state index in [2.05, 4.69) is 29.0 Å². The Kier molecular flexibility index (Phi) is 5.13. The van der Waals surface area contributed by atoms with Gasteiger partial charge in [0.25, 0.3) is 0 Å². The van der Waals surface area contributed by atoms with Crippen LogP contribution in [0, 0.1) is 6.92 Å². The minimum absolute atomic E-state index is 0.0722. The average Bonchev–Trinajstić information content (AvgIpc) is 3.29. The Labute approximate surface area is 175 Å². The van der Waals surface area contributed by atoms with Crippen LogP contribution in [-0.2, 0) is 0 Å². The first-order valence-electron chi connectivity index (χ1n) is 9.31. The minimum atomic E-state index is -0.0725. The number of halogens is 1. The Morgan fingerprint density at radius 2 is 2.00 bits per heavy atom. The molecule has 4 nitrogen and oxygen atoms in total. The molecule has 0 aliphatic carbocycles. The molecule has 0 bridgehead atoms. The van der Waals surface area contributed by atoms with Crippen LogP contribution < -0.4 is 5.32 Å². The Morgan fingerprint density at radius 1 is 1.18 bits per heavy atom. The van der Waals surface area contributed by atoms with E-state index in [9.17, 15) is 0 Å². The van der Waals surface area contributed by atoms with Crippen molar-refractivity contribution in [2.45, 2.75) is 38.9 Å². The van der Waals surface area contributed by atoms with E-state index < -0.39 is 0 Å². The van der Waals surface area contributed by atoms with Gasteiger partial charge in [0.15, 0.2) is 5.11 Å². The fraction of sp³-hybridized carbons (Fsp3) is 0.273. The first-order valence-corrected chi connectivity index (χ1v) is 10.1. The van der Waals surface area contributed by atoms with Crippen molar-refractivity contribution < 1.29 is 4.42 Å². The van der Waals surface area contributed by atoms with Gasteiger partial charge in [-0.25, -0.2) is 0 Å². The van der Waals surface area contributed by atoms with Gasteiger partial charge in [0.1, 0.15) is 17.6 Å². The third-order valence-corrected chi connectivity index (χ3v) is 5.80. The molecule has 1 aromatic carbocycles. The van der Waals surface area contributed by atoms with Gasteiger partial charge in [-0.3, -0.25) is 4.98 Å². The number of nitrogens with one attached hydrogen (secondary N) is 1. The van der Waals surface area contributed by atoms with Crippen LogP contribution in [-0.4, -0.2) is 21.0 Å². The van der Waals surface area contributed by atoms with Crippen LogP contribution in [0.4, 0.5) is 0 Å². The summed E-state index contributed by atoms with van der Waals surface area (Å²) in [6.07, 6.45) is 1.80. The molecule has 28 heavy (non-hydrogen) atoms. The molecule has 3 heterocycles. The van der Waals surface area contributed by atoms with Gasteiger partial charge in [0, 0.05) is 22.8 Å². The van der Waals surface area contributed by atoms with Gasteiger partial charge in [-0.15, -0.1) is 0 Å².